The quantitative estimate of drug-likeness (QED) is 0.798. The molecular weight excluding hydrogens is 236 g/mol. The van der Waals surface area contributed by atoms with Gasteiger partial charge in [-0.3, -0.25) is 4.79 Å². The van der Waals surface area contributed by atoms with Gasteiger partial charge in [-0.25, -0.2) is 13.4 Å². The van der Waals surface area contributed by atoms with Gasteiger partial charge in [-0.05, 0) is 0 Å². The van der Waals surface area contributed by atoms with E-state index >= 15 is 0 Å². The smallest absolute Gasteiger partial charge is 0.255 e. The van der Waals surface area contributed by atoms with E-state index in [1.807, 2.05) is 0 Å². The van der Waals surface area contributed by atoms with Crippen LogP contribution in [0.2, 0.25) is 0 Å². The fourth-order valence-corrected chi connectivity index (χ4v) is 3.10. The summed E-state index contributed by atoms with van der Waals surface area (Å²) in [5, 5.41) is 0. The molecule has 7 heteroatoms. The lowest BCUT2D eigenvalue weighted by Gasteiger charge is -2.01. The lowest BCUT2D eigenvalue weighted by atomic mass is 10.3. The number of hydrogen-bond donors (Lipinski definition) is 1. The number of sulfone groups is 1. The highest BCUT2D eigenvalue weighted by Crippen LogP contribution is 2.25. The van der Waals surface area contributed by atoms with Gasteiger partial charge in [0.05, 0.1) is 5.69 Å². The Morgan fingerprint density at radius 1 is 1.47 bits per heavy atom. The zero-order valence-corrected chi connectivity index (χ0v) is 9.74. The van der Waals surface area contributed by atoms with Crippen LogP contribution < -0.4 is 5.56 Å². The predicted molar refractivity (Wildman–Crippen MR) is 58.4 cm³/mol. The van der Waals surface area contributed by atoms with Gasteiger partial charge in [-0.2, -0.15) is 11.8 Å². The normalized spacial score (nSPS) is 15.3. The highest BCUT2D eigenvalue weighted by atomic mass is 32.2. The Kier molecular flexibility index (Phi) is 2.59. The SMILES string of the molecule is CS(=O)(=O)Cc1nc2c(c(=O)[nH]1)CSC2. The molecule has 1 aromatic rings. The molecule has 0 saturated heterocycles. The molecule has 82 valence electrons. The molecule has 0 aromatic carbocycles. The van der Waals surface area contributed by atoms with Crippen molar-refractivity contribution in [3.05, 3.63) is 27.4 Å². The second kappa shape index (κ2) is 3.64. The molecule has 1 aliphatic rings. The van der Waals surface area contributed by atoms with Crippen molar-refractivity contribution >= 4 is 21.6 Å². The summed E-state index contributed by atoms with van der Waals surface area (Å²) >= 11 is 1.61. The first kappa shape index (κ1) is 10.7. The number of nitrogens with zero attached hydrogens (tertiary/aromatic N) is 1. The number of rotatable bonds is 2. The van der Waals surface area contributed by atoms with E-state index < -0.39 is 9.84 Å². The first-order valence-electron chi connectivity index (χ1n) is 4.32. The summed E-state index contributed by atoms with van der Waals surface area (Å²) in [7, 11) is -3.15. The molecule has 15 heavy (non-hydrogen) atoms. The second-order valence-corrected chi connectivity index (χ2v) is 6.63. The third-order valence-electron chi connectivity index (χ3n) is 2.03. The molecule has 1 aromatic heterocycles. The highest BCUT2D eigenvalue weighted by molar-refractivity contribution is 7.98. The fraction of sp³-hybridized carbons (Fsp3) is 0.500. The maximum Gasteiger partial charge on any atom is 0.255 e. The summed E-state index contributed by atoms with van der Waals surface area (Å²) in [4.78, 5) is 18.2. The van der Waals surface area contributed by atoms with Crippen molar-refractivity contribution in [3.8, 4) is 0 Å². The van der Waals surface area contributed by atoms with E-state index in [1.165, 1.54) is 0 Å². The molecular formula is C8H10N2O3S2. The van der Waals surface area contributed by atoms with Gasteiger partial charge in [0.2, 0.25) is 0 Å². The van der Waals surface area contributed by atoms with Gasteiger partial charge in [-0.1, -0.05) is 0 Å². The van der Waals surface area contributed by atoms with Crippen LogP contribution in [0.1, 0.15) is 17.1 Å². The summed E-state index contributed by atoms with van der Waals surface area (Å²) in [6, 6.07) is 0. The van der Waals surface area contributed by atoms with Gasteiger partial charge < -0.3 is 4.98 Å². The van der Waals surface area contributed by atoms with Crippen LogP contribution in [-0.4, -0.2) is 24.6 Å². The van der Waals surface area contributed by atoms with E-state index in [0.29, 0.717) is 17.1 Å². The standard InChI is InChI=1S/C8H10N2O3S2/c1-15(12,13)4-7-9-6-3-14-2-5(6)8(11)10-7/h2-4H2,1H3,(H,9,10,11). The molecule has 2 heterocycles. The number of hydrogen-bond acceptors (Lipinski definition) is 5. The van der Waals surface area contributed by atoms with Crippen molar-refractivity contribution in [1.29, 1.82) is 0 Å². The molecule has 0 unspecified atom stereocenters. The van der Waals surface area contributed by atoms with Crippen molar-refractivity contribution in [1.82, 2.24) is 9.97 Å². The molecule has 2 rings (SSSR count). The zero-order valence-electron chi connectivity index (χ0n) is 8.11. The van der Waals surface area contributed by atoms with E-state index in [2.05, 4.69) is 9.97 Å². The topological polar surface area (TPSA) is 79.9 Å². The number of nitrogens with one attached hydrogen (secondary N) is 1. The second-order valence-electron chi connectivity index (χ2n) is 3.50. The van der Waals surface area contributed by atoms with Crippen LogP contribution in [0, 0.1) is 0 Å². The molecule has 0 radical (unpaired) electrons. The first-order valence-corrected chi connectivity index (χ1v) is 7.53. The molecule has 0 aliphatic carbocycles. The van der Waals surface area contributed by atoms with Crippen molar-refractivity contribution in [2.45, 2.75) is 17.3 Å². The van der Waals surface area contributed by atoms with Gasteiger partial charge in [0.1, 0.15) is 11.6 Å². The summed E-state index contributed by atoms with van der Waals surface area (Å²) in [6.45, 7) is 0. The fourth-order valence-electron chi connectivity index (χ4n) is 1.43. The Bertz CT molecular complexity index is 547. The third kappa shape index (κ3) is 2.40. The molecule has 0 amide bonds. The number of thioether (sulfide) groups is 1. The summed E-state index contributed by atoms with van der Waals surface area (Å²) < 4.78 is 22.1. The monoisotopic (exact) mass is 246 g/mol. The van der Waals surface area contributed by atoms with E-state index in [0.717, 1.165) is 11.9 Å². The van der Waals surface area contributed by atoms with Crippen molar-refractivity contribution in [2.24, 2.45) is 0 Å². The van der Waals surface area contributed by atoms with Crippen LogP contribution in [0.5, 0.6) is 0 Å². The molecule has 5 nitrogen and oxygen atoms in total. The van der Waals surface area contributed by atoms with Gasteiger partial charge in [0.25, 0.3) is 5.56 Å². The number of aromatic amines is 1. The maximum atomic E-state index is 11.5. The lowest BCUT2D eigenvalue weighted by Crippen LogP contribution is -2.18. The van der Waals surface area contributed by atoms with Crippen LogP contribution in [0.3, 0.4) is 0 Å². The lowest BCUT2D eigenvalue weighted by molar-refractivity contribution is 0.599. The minimum absolute atomic E-state index is 0.205. The minimum atomic E-state index is -3.15. The van der Waals surface area contributed by atoms with Gasteiger partial charge in [0, 0.05) is 23.3 Å². The molecule has 1 N–H and O–H groups in total. The minimum Gasteiger partial charge on any atom is -0.309 e. The molecule has 0 spiro atoms. The molecule has 0 fully saturated rings. The van der Waals surface area contributed by atoms with E-state index in [4.69, 9.17) is 0 Å². The van der Waals surface area contributed by atoms with Crippen LogP contribution in [-0.2, 0) is 27.1 Å². The molecule has 0 atom stereocenters. The zero-order chi connectivity index (χ0) is 11.1. The average molecular weight is 246 g/mol. The predicted octanol–water partition coefficient (Wildman–Crippen LogP) is 0.0613. The van der Waals surface area contributed by atoms with Gasteiger partial charge >= 0.3 is 0 Å². The Morgan fingerprint density at radius 2 is 2.20 bits per heavy atom. The van der Waals surface area contributed by atoms with E-state index in [1.54, 1.807) is 11.8 Å². The molecule has 0 saturated carbocycles. The van der Waals surface area contributed by atoms with Crippen molar-refractivity contribution in [2.75, 3.05) is 6.26 Å². The van der Waals surface area contributed by atoms with E-state index in [9.17, 15) is 13.2 Å². The Morgan fingerprint density at radius 3 is 2.87 bits per heavy atom. The first-order chi connectivity index (χ1) is 6.96. The largest absolute Gasteiger partial charge is 0.309 e. The van der Waals surface area contributed by atoms with Gasteiger partial charge in [-0.15, -0.1) is 0 Å². The Balaban J connectivity index is 2.45. The van der Waals surface area contributed by atoms with Crippen LogP contribution >= 0.6 is 11.8 Å². The van der Waals surface area contributed by atoms with Gasteiger partial charge in [0.15, 0.2) is 9.84 Å². The number of aromatic nitrogens is 2. The summed E-state index contributed by atoms with van der Waals surface area (Å²) in [5.74, 6) is 1.39. The number of fused-ring (bicyclic) bond motifs is 1. The van der Waals surface area contributed by atoms with Crippen LogP contribution in [0.25, 0.3) is 0 Å². The highest BCUT2D eigenvalue weighted by Gasteiger charge is 2.18. The Labute approximate surface area is 91.2 Å². The maximum absolute atomic E-state index is 11.5. The third-order valence-corrected chi connectivity index (χ3v) is 3.80. The van der Waals surface area contributed by atoms with E-state index in [-0.39, 0.29) is 17.1 Å². The summed E-state index contributed by atoms with van der Waals surface area (Å²) in [5.41, 5.74) is 1.20. The van der Waals surface area contributed by atoms with Crippen molar-refractivity contribution in [3.63, 3.8) is 0 Å². The molecule has 1 aliphatic heterocycles. The van der Waals surface area contributed by atoms with Crippen LogP contribution in [0.15, 0.2) is 4.79 Å². The van der Waals surface area contributed by atoms with Crippen LogP contribution in [0.4, 0.5) is 0 Å². The number of H-pyrrole nitrogens is 1. The molecule has 0 bridgehead atoms. The Hall–Kier alpha value is -0.820. The summed E-state index contributed by atoms with van der Waals surface area (Å²) in [6.07, 6.45) is 1.12. The average Bonchev–Trinajstić information content (AvgIpc) is 2.48. The van der Waals surface area contributed by atoms with Crippen molar-refractivity contribution < 1.29 is 8.42 Å².